The van der Waals surface area contributed by atoms with Crippen molar-refractivity contribution >= 4 is 6.29 Å². The third-order valence-electron chi connectivity index (χ3n) is 4.21. The molecule has 1 aliphatic rings. The lowest BCUT2D eigenvalue weighted by Gasteiger charge is -2.40. The summed E-state index contributed by atoms with van der Waals surface area (Å²) < 4.78 is 12.9. The maximum Gasteiger partial charge on any atom is 0.150 e. The van der Waals surface area contributed by atoms with E-state index in [0.717, 1.165) is 37.8 Å². The number of hydrogen-bond donors (Lipinski definition) is 1. The number of hydrogen-bond acceptors (Lipinski definition) is 3. The topological polar surface area (TPSA) is 40.5 Å². The van der Waals surface area contributed by atoms with Crippen molar-refractivity contribution in [2.75, 3.05) is 6.54 Å². The van der Waals surface area contributed by atoms with Crippen molar-refractivity contribution in [3.8, 4) is 0 Å². The average molecular weight is 279 g/mol. The fraction of sp³-hybridized carbons (Fsp3) is 0.562. The lowest BCUT2D eigenvalue weighted by molar-refractivity contribution is -0.118. The molecule has 1 heterocycles. The van der Waals surface area contributed by atoms with Crippen molar-refractivity contribution in [1.82, 2.24) is 4.90 Å². The second kappa shape index (κ2) is 6.95. The third kappa shape index (κ3) is 3.64. The van der Waals surface area contributed by atoms with Crippen LogP contribution in [0.15, 0.2) is 24.3 Å². The summed E-state index contributed by atoms with van der Waals surface area (Å²) in [5.41, 5.74) is 1.09. The summed E-state index contributed by atoms with van der Waals surface area (Å²) in [5, 5.41) is 9.74. The zero-order valence-electron chi connectivity index (χ0n) is 11.8. The van der Waals surface area contributed by atoms with Gasteiger partial charge in [0.05, 0.1) is 0 Å². The average Bonchev–Trinajstić information content (AvgIpc) is 2.48. The van der Waals surface area contributed by atoms with E-state index in [-0.39, 0.29) is 11.9 Å². The highest BCUT2D eigenvalue weighted by atomic mass is 19.1. The van der Waals surface area contributed by atoms with Crippen LogP contribution in [0.3, 0.4) is 0 Å². The van der Waals surface area contributed by atoms with Gasteiger partial charge in [0.15, 0.2) is 0 Å². The van der Waals surface area contributed by atoms with Gasteiger partial charge in [-0.1, -0.05) is 18.6 Å². The molecule has 3 nitrogen and oxygen atoms in total. The van der Waals surface area contributed by atoms with Gasteiger partial charge in [-0.3, -0.25) is 4.90 Å². The molecule has 1 aliphatic heterocycles. The molecule has 2 rings (SSSR count). The monoisotopic (exact) mass is 279 g/mol. The van der Waals surface area contributed by atoms with E-state index in [1.165, 1.54) is 12.1 Å². The van der Waals surface area contributed by atoms with E-state index in [4.69, 9.17) is 0 Å². The molecule has 3 atom stereocenters. The van der Waals surface area contributed by atoms with Gasteiger partial charge in [0.25, 0.3) is 0 Å². The molecular weight excluding hydrogens is 257 g/mol. The van der Waals surface area contributed by atoms with Gasteiger partial charge in [-0.15, -0.1) is 0 Å². The third-order valence-corrected chi connectivity index (χ3v) is 4.21. The Hall–Kier alpha value is -1.26. The Morgan fingerprint density at radius 2 is 2.10 bits per heavy atom. The van der Waals surface area contributed by atoms with Gasteiger partial charge in [0, 0.05) is 12.1 Å². The second-order valence-electron chi connectivity index (χ2n) is 5.59. The van der Waals surface area contributed by atoms with Gasteiger partial charge in [0.2, 0.25) is 0 Å². The van der Waals surface area contributed by atoms with Crippen molar-refractivity contribution in [1.29, 1.82) is 0 Å². The number of benzene rings is 1. The van der Waals surface area contributed by atoms with Crippen LogP contribution in [0.2, 0.25) is 0 Å². The lowest BCUT2D eigenvalue weighted by Crippen LogP contribution is -2.51. The molecule has 0 saturated carbocycles. The van der Waals surface area contributed by atoms with Gasteiger partial charge in [0.1, 0.15) is 18.2 Å². The van der Waals surface area contributed by atoms with E-state index >= 15 is 0 Å². The predicted molar refractivity (Wildman–Crippen MR) is 76.0 cm³/mol. The number of piperidine rings is 1. The van der Waals surface area contributed by atoms with Crippen molar-refractivity contribution in [2.24, 2.45) is 0 Å². The summed E-state index contributed by atoms with van der Waals surface area (Å²) in [4.78, 5) is 13.0. The predicted octanol–water partition coefficient (Wildman–Crippen LogP) is 2.17. The Labute approximate surface area is 119 Å². The molecule has 110 valence electrons. The molecule has 4 heteroatoms. The van der Waals surface area contributed by atoms with Gasteiger partial charge in [-0.05, 0) is 50.4 Å². The SMILES string of the molecule is C[C@@H](C(O)C=O)N1CCCCC1Cc1ccc(F)cc1. The Balaban J connectivity index is 2.06. The van der Waals surface area contributed by atoms with E-state index in [2.05, 4.69) is 4.90 Å². The number of nitrogens with zero attached hydrogens (tertiary/aromatic N) is 1. The zero-order valence-corrected chi connectivity index (χ0v) is 11.8. The van der Waals surface area contributed by atoms with Crippen LogP contribution in [0.5, 0.6) is 0 Å². The quantitative estimate of drug-likeness (QED) is 0.840. The fourth-order valence-corrected chi connectivity index (χ4v) is 2.98. The van der Waals surface area contributed by atoms with Crippen LogP contribution in [-0.4, -0.2) is 41.0 Å². The maximum atomic E-state index is 12.9. The van der Waals surface area contributed by atoms with Crippen molar-refractivity contribution in [3.05, 3.63) is 35.6 Å². The van der Waals surface area contributed by atoms with Crippen LogP contribution in [0, 0.1) is 5.82 Å². The summed E-state index contributed by atoms with van der Waals surface area (Å²) in [6.07, 6.45) is 3.80. The van der Waals surface area contributed by atoms with E-state index < -0.39 is 6.10 Å². The minimum atomic E-state index is -0.941. The Morgan fingerprint density at radius 3 is 2.75 bits per heavy atom. The van der Waals surface area contributed by atoms with Crippen LogP contribution in [0.1, 0.15) is 31.7 Å². The lowest BCUT2D eigenvalue weighted by atomic mass is 9.93. The summed E-state index contributed by atoms with van der Waals surface area (Å²) in [6.45, 7) is 2.79. The number of rotatable bonds is 5. The van der Waals surface area contributed by atoms with Gasteiger partial charge in [-0.25, -0.2) is 4.39 Å². The first kappa shape index (κ1) is 15.1. The highest BCUT2D eigenvalue weighted by Crippen LogP contribution is 2.24. The van der Waals surface area contributed by atoms with Crippen molar-refractivity contribution < 1.29 is 14.3 Å². The van der Waals surface area contributed by atoms with Gasteiger partial charge in [-0.2, -0.15) is 0 Å². The molecule has 0 aliphatic carbocycles. The highest BCUT2D eigenvalue weighted by molar-refractivity contribution is 5.56. The summed E-state index contributed by atoms with van der Waals surface area (Å²) in [5.74, 6) is -0.223. The molecule has 0 spiro atoms. The van der Waals surface area contributed by atoms with Crippen molar-refractivity contribution in [2.45, 2.75) is 50.8 Å². The number of halogens is 1. The molecule has 2 unspecified atom stereocenters. The van der Waals surface area contributed by atoms with Crippen LogP contribution in [0.25, 0.3) is 0 Å². The van der Waals surface area contributed by atoms with Crippen LogP contribution < -0.4 is 0 Å². The molecule has 1 saturated heterocycles. The number of aldehydes is 1. The Kier molecular flexibility index (Phi) is 5.26. The first-order chi connectivity index (χ1) is 9.61. The molecule has 0 radical (unpaired) electrons. The summed E-state index contributed by atoms with van der Waals surface area (Å²) in [7, 11) is 0. The minimum absolute atomic E-state index is 0.168. The number of aliphatic hydroxyl groups excluding tert-OH is 1. The summed E-state index contributed by atoms with van der Waals surface area (Å²) >= 11 is 0. The first-order valence-electron chi connectivity index (χ1n) is 7.25. The number of likely N-dealkylation sites (tertiary alicyclic amines) is 1. The highest BCUT2D eigenvalue weighted by Gasteiger charge is 2.30. The molecule has 1 N–H and O–H groups in total. The molecule has 1 aromatic carbocycles. The van der Waals surface area contributed by atoms with Crippen LogP contribution in [0.4, 0.5) is 4.39 Å². The Bertz CT molecular complexity index is 435. The molecule has 1 fully saturated rings. The molecule has 0 amide bonds. The number of carbonyl (C=O) groups is 1. The van der Waals surface area contributed by atoms with Crippen LogP contribution in [-0.2, 0) is 11.2 Å². The van der Waals surface area contributed by atoms with Crippen LogP contribution >= 0.6 is 0 Å². The molecule has 0 aromatic heterocycles. The molecular formula is C16H22FNO2. The molecule has 20 heavy (non-hydrogen) atoms. The van der Waals surface area contributed by atoms with E-state index in [9.17, 15) is 14.3 Å². The summed E-state index contributed by atoms with van der Waals surface area (Å²) in [6, 6.07) is 6.71. The fourth-order valence-electron chi connectivity index (χ4n) is 2.98. The zero-order chi connectivity index (χ0) is 14.5. The van der Waals surface area contributed by atoms with E-state index in [1.807, 2.05) is 19.1 Å². The Morgan fingerprint density at radius 1 is 1.40 bits per heavy atom. The van der Waals surface area contributed by atoms with E-state index in [0.29, 0.717) is 12.3 Å². The van der Waals surface area contributed by atoms with Crippen molar-refractivity contribution in [3.63, 3.8) is 0 Å². The minimum Gasteiger partial charge on any atom is -0.384 e. The first-order valence-corrected chi connectivity index (χ1v) is 7.25. The number of aliphatic hydroxyl groups is 1. The smallest absolute Gasteiger partial charge is 0.150 e. The molecule has 1 aromatic rings. The molecule has 0 bridgehead atoms. The normalized spacial score (nSPS) is 23.2. The van der Waals surface area contributed by atoms with Gasteiger partial charge < -0.3 is 9.90 Å². The standard InChI is InChI=1S/C16H22FNO2/c1-12(16(20)11-19)18-9-3-2-4-15(18)10-13-5-7-14(17)8-6-13/h5-8,11-12,15-16,20H,2-4,9-10H2,1H3/t12-,15?,16?/m0/s1. The van der Waals surface area contributed by atoms with E-state index in [1.54, 1.807) is 0 Å². The van der Waals surface area contributed by atoms with Gasteiger partial charge >= 0.3 is 0 Å². The second-order valence-corrected chi connectivity index (χ2v) is 5.59. The largest absolute Gasteiger partial charge is 0.384 e. The maximum absolute atomic E-state index is 12.9. The number of carbonyl (C=O) groups excluding carboxylic acids is 1.